The number of para-hydroxylation sites is 1. The highest BCUT2D eigenvalue weighted by atomic mass is 35.5. The number of hydrogen-bond donors (Lipinski definition) is 1. The van der Waals surface area contributed by atoms with Gasteiger partial charge >= 0.3 is 0 Å². The van der Waals surface area contributed by atoms with E-state index in [0.29, 0.717) is 36.9 Å². The van der Waals surface area contributed by atoms with Crippen molar-refractivity contribution in [3.8, 4) is 0 Å². The molecule has 6 rings (SSSR count). The van der Waals surface area contributed by atoms with Gasteiger partial charge in [-0.15, -0.1) is 0 Å². The van der Waals surface area contributed by atoms with Crippen LogP contribution in [0.2, 0.25) is 5.02 Å². The normalized spacial score (nSPS) is 17.6. The Bertz CT molecular complexity index is 1380. The fourth-order valence-corrected chi connectivity index (χ4v) is 5.51. The predicted octanol–water partition coefficient (Wildman–Crippen LogP) is 4.38. The molecule has 3 aliphatic heterocycles. The molecule has 196 valence electrons. The Balaban J connectivity index is 1.22. The summed E-state index contributed by atoms with van der Waals surface area (Å²) in [5, 5.41) is 3.37. The van der Waals surface area contributed by atoms with Crippen molar-refractivity contribution in [2.45, 2.75) is 18.9 Å². The maximum Gasteiger partial charge on any atom is 0.270 e. The fourth-order valence-electron chi connectivity index (χ4n) is 5.26. The molecule has 0 spiro atoms. The Hall–Kier alpha value is -3.76. The van der Waals surface area contributed by atoms with Crippen molar-refractivity contribution in [2.24, 2.45) is 4.99 Å². The number of guanidine groups is 1. The van der Waals surface area contributed by atoms with Crippen LogP contribution in [-0.4, -0.2) is 73.1 Å². The summed E-state index contributed by atoms with van der Waals surface area (Å²) in [6, 6.07) is 13.2. The van der Waals surface area contributed by atoms with E-state index in [1.54, 1.807) is 11.0 Å². The summed E-state index contributed by atoms with van der Waals surface area (Å²) in [5.74, 6) is 0.0283. The molecule has 3 aliphatic rings. The van der Waals surface area contributed by atoms with E-state index in [1.165, 1.54) is 28.9 Å². The second-order valence-electron chi connectivity index (χ2n) is 9.83. The van der Waals surface area contributed by atoms with E-state index in [0.717, 1.165) is 31.6 Å². The summed E-state index contributed by atoms with van der Waals surface area (Å²) in [6.07, 6.45) is 3.77. The number of nitrogens with zero attached hydrogens (tertiary/aromatic N) is 7. The van der Waals surface area contributed by atoms with E-state index < -0.39 is 11.7 Å². The van der Waals surface area contributed by atoms with Crippen LogP contribution < -0.4 is 20.0 Å². The zero-order valence-corrected chi connectivity index (χ0v) is 22.0. The first-order valence-corrected chi connectivity index (χ1v) is 13.0. The first kappa shape index (κ1) is 24.6. The van der Waals surface area contributed by atoms with Crippen LogP contribution in [0.3, 0.4) is 0 Å². The minimum absolute atomic E-state index is 0.0244. The number of carbonyl (C=O) groups excluding carboxylic acids is 1. The molecule has 4 heterocycles. The Morgan fingerprint density at radius 1 is 1.08 bits per heavy atom. The molecule has 1 aromatic heterocycles. The standard InChI is InChI=1S/C27H28ClFN8O/c1-34(2)18-10-13-35(14-11-18)19-8-6-17(7-9-19)32-26-31-16-20-24(33-26)36-15-12-30-27(36)37(25(20)38)23-21(28)4-3-5-22(23)29/h3-9,16,18H,10-15H2,1-2H3,(H,31,32,33). The predicted molar refractivity (Wildman–Crippen MR) is 149 cm³/mol. The third-order valence-corrected chi connectivity index (χ3v) is 7.63. The molecule has 1 saturated heterocycles. The van der Waals surface area contributed by atoms with E-state index in [9.17, 15) is 9.18 Å². The van der Waals surface area contributed by atoms with Crippen LogP contribution in [0.15, 0.2) is 53.7 Å². The molecule has 0 unspecified atom stereocenters. The quantitative estimate of drug-likeness (QED) is 0.520. The number of halogens is 2. The molecule has 9 nitrogen and oxygen atoms in total. The minimum atomic E-state index is -0.603. The first-order valence-electron chi connectivity index (χ1n) is 12.7. The molecule has 38 heavy (non-hydrogen) atoms. The van der Waals surface area contributed by atoms with Crippen LogP contribution in [-0.2, 0) is 0 Å². The summed E-state index contributed by atoms with van der Waals surface area (Å²) in [6.45, 7) is 3.03. The Labute approximate surface area is 225 Å². The SMILES string of the molecule is CN(C)C1CCN(c2ccc(Nc3ncc4c(n3)N3CCN=C3N(c3c(F)cccc3Cl)C4=O)cc2)CC1. The van der Waals surface area contributed by atoms with E-state index in [1.807, 2.05) is 12.1 Å². The van der Waals surface area contributed by atoms with E-state index in [-0.39, 0.29) is 16.3 Å². The maximum atomic E-state index is 14.7. The van der Waals surface area contributed by atoms with Crippen molar-refractivity contribution in [1.82, 2.24) is 14.9 Å². The average molecular weight is 535 g/mol. The summed E-state index contributed by atoms with van der Waals surface area (Å²) in [7, 11) is 4.29. The molecule has 1 fully saturated rings. The molecule has 0 bridgehead atoms. The number of hydrogen-bond acceptors (Lipinski definition) is 8. The highest BCUT2D eigenvalue weighted by Gasteiger charge is 2.41. The van der Waals surface area contributed by atoms with Crippen LogP contribution in [0, 0.1) is 5.82 Å². The van der Waals surface area contributed by atoms with Crippen LogP contribution in [0.5, 0.6) is 0 Å². The van der Waals surface area contributed by atoms with Gasteiger partial charge in [-0.05, 0) is 63.3 Å². The highest BCUT2D eigenvalue weighted by Crippen LogP contribution is 2.37. The van der Waals surface area contributed by atoms with Gasteiger partial charge in [-0.3, -0.25) is 14.7 Å². The van der Waals surface area contributed by atoms with Gasteiger partial charge in [0, 0.05) is 43.2 Å². The number of benzene rings is 2. The molecule has 0 saturated carbocycles. The first-order chi connectivity index (χ1) is 18.4. The topological polar surface area (TPSA) is 80.2 Å². The average Bonchev–Trinajstić information content (AvgIpc) is 3.41. The highest BCUT2D eigenvalue weighted by molar-refractivity contribution is 6.38. The van der Waals surface area contributed by atoms with Crippen molar-refractivity contribution < 1.29 is 9.18 Å². The summed E-state index contributed by atoms with van der Waals surface area (Å²) in [5.41, 5.74) is 2.26. The number of aromatic nitrogens is 2. The monoisotopic (exact) mass is 534 g/mol. The Morgan fingerprint density at radius 3 is 2.55 bits per heavy atom. The molecule has 0 aliphatic carbocycles. The summed E-state index contributed by atoms with van der Waals surface area (Å²) < 4.78 is 14.7. The molecule has 2 aromatic carbocycles. The Morgan fingerprint density at radius 2 is 1.84 bits per heavy atom. The molecule has 1 N–H and O–H groups in total. The molecule has 1 amide bonds. The number of rotatable bonds is 5. The zero-order chi connectivity index (χ0) is 26.4. The number of fused-ring (bicyclic) bond motifs is 3. The lowest BCUT2D eigenvalue weighted by atomic mass is 10.0. The third-order valence-electron chi connectivity index (χ3n) is 7.32. The van der Waals surface area contributed by atoms with Crippen LogP contribution in [0.1, 0.15) is 23.2 Å². The lowest BCUT2D eigenvalue weighted by Gasteiger charge is -2.36. The van der Waals surface area contributed by atoms with Gasteiger partial charge in [-0.1, -0.05) is 17.7 Å². The van der Waals surface area contributed by atoms with Crippen molar-refractivity contribution in [3.05, 3.63) is 65.1 Å². The number of carbonyl (C=O) groups is 1. The number of anilines is 5. The molecular formula is C27H28ClFN8O. The van der Waals surface area contributed by atoms with Gasteiger partial charge in [0.15, 0.2) is 5.82 Å². The minimum Gasteiger partial charge on any atom is -0.371 e. The van der Waals surface area contributed by atoms with Gasteiger partial charge < -0.3 is 15.1 Å². The number of aliphatic imine (C=N–C) groups is 1. The smallest absolute Gasteiger partial charge is 0.270 e. The molecular weight excluding hydrogens is 507 g/mol. The van der Waals surface area contributed by atoms with E-state index in [4.69, 9.17) is 11.6 Å². The fraction of sp³-hybridized carbons (Fsp3) is 0.333. The van der Waals surface area contributed by atoms with Gasteiger partial charge in [0.05, 0.1) is 11.6 Å². The largest absolute Gasteiger partial charge is 0.371 e. The zero-order valence-electron chi connectivity index (χ0n) is 21.2. The van der Waals surface area contributed by atoms with Crippen LogP contribution in [0.4, 0.5) is 33.2 Å². The van der Waals surface area contributed by atoms with Gasteiger partial charge in [0.1, 0.15) is 17.1 Å². The third kappa shape index (κ3) is 4.33. The van der Waals surface area contributed by atoms with Crippen molar-refractivity contribution in [3.63, 3.8) is 0 Å². The number of nitrogens with one attached hydrogen (secondary N) is 1. The lowest BCUT2D eigenvalue weighted by Crippen LogP contribution is -2.51. The van der Waals surface area contributed by atoms with Gasteiger partial charge in [0.2, 0.25) is 11.9 Å². The van der Waals surface area contributed by atoms with Crippen LogP contribution in [0.25, 0.3) is 0 Å². The number of piperidine rings is 1. The van der Waals surface area contributed by atoms with Gasteiger partial charge in [0.25, 0.3) is 5.91 Å². The van der Waals surface area contributed by atoms with Gasteiger partial charge in [-0.25, -0.2) is 14.3 Å². The molecule has 0 atom stereocenters. The summed E-state index contributed by atoms with van der Waals surface area (Å²) >= 11 is 6.29. The molecule has 3 aromatic rings. The lowest BCUT2D eigenvalue weighted by molar-refractivity contribution is 0.0999. The van der Waals surface area contributed by atoms with Crippen LogP contribution >= 0.6 is 11.6 Å². The maximum absolute atomic E-state index is 14.7. The second-order valence-corrected chi connectivity index (χ2v) is 10.2. The van der Waals surface area contributed by atoms with Crippen molar-refractivity contribution in [2.75, 3.05) is 60.3 Å². The second kappa shape index (κ2) is 9.85. The molecule has 11 heteroatoms. The van der Waals surface area contributed by atoms with E-state index in [2.05, 4.69) is 56.3 Å². The van der Waals surface area contributed by atoms with Gasteiger partial charge in [-0.2, -0.15) is 4.98 Å². The Kier molecular flexibility index (Phi) is 6.37. The summed E-state index contributed by atoms with van der Waals surface area (Å²) in [4.78, 5) is 34.7. The number of amides is 1. The van der Waals surface area contributed by atoms with Crippen molar-refractivity contribution in [1.29, 1.82) is 0 Å². The van der Waals surface area contributed by atoms with E-state index >= 15 is 0 Å². The molecule has 0 radical (unpaired) electrons. The van der Waals surface area contributed by atoms with Crippen molar-refractivity contribution >= 4 is 52.3 Å².